The van der Waals surface area contributed by atoms with E-state index in [1.54, 1.807) is 18.0 Å². The molecule has 0 saturated carbocycles. The Balaban J connectivity index is 1.84. The number of hydrogen-bond acceptors (Lipinski definition) is 8. The van der Waals surface area contributed by atoms with Crippen molar-refractivity contribution in [3.63, 3.8) is 0 Å². The normalized spacial score (nSPS) is 10.8. The predicted molar refractivity (Wildman–Crippen MR) is 82.3 cm³/mol. The lowest BCUT2D eigenvalue weighted by molar-refractivity contribution is -0.116. The van der Waals surface area contributed by atoms with Crippen LogP contribution >= 0.6 is 23.3 Å². The van der Waals surface area contributed by atoms with Crippen molar-refractivity contribution in [1.82, 2.24) is 24.4 Å². The number of carbonyl (C=O) groups excluding carboxylic acids is 1. The lowest BCUT2D eigenvalue weighted by atomic mass is 10.3. The zero-order chi connectivity index (χ0) is 15.1. The molecular weight excluding hydrogens is 310 g/mol. The third kappa shape index (κ3) is 5.06. The smallest absolute Gasteiger partial charge is 0.247 e. The summed E-state index contributed by atoms with van der Waals surface area (Å²) in [5.74, 6) is 0.759. The van der Waals surface area contributed by atoms with Gasteiger partial charge >= 0.3 is 0 Å². The molecule has 114 valence electrons. The second-order valence-electron chi connectivity index (χ2n) is 4.22. The molecule has 2 heterocycles. The minimum atomic E-state index is -0.206. The first-order chi connectivity index (χ1) is 10.2. The van der Waals surface area contributed by atoms with E-state index in [4.69, 9.17) is 5.73 Å². The summed E-state index contributed by atoms with van der Waals surface area (Å²) in [5, 5.41) is 11.7. The van der Waals surface area contributed by atoms with Crippen molar-refractivity contribution in [2.45, 2.75) is 31.5 Å². The highest BCUT2D eigenvalue weighted by Gasteiger charge is 2.10. The SMILES string of the molecule is CCCSc1nsc(NC(=O)Cn2cc(CCN)nn2)n1. The van der Waals surface area contributed by atoms with Crippen LogP contribution in [0.4, 0.5) is 5.13 Å². The topological polar surface area (TPSA) is 112 Å². The standard InChI is InChI=1S/C11H17N7OS2/c1-2-5-20-11-14-10(21-16-11)13-9(19)7-18-6-8(3-4-12)15-17-18/h6H,2-5,7,12H2,1H3,(H,13,14,16,19). The van der Waals surface area contributed by atoms with Gasteiger partial charge in [-0.1, -0.05) is 23.9 Å². The highest BCUT2D eigenvalue weighted by molar-refractivity contribution is 7.99. The Morgan fingerprint density at radius 3 is 3.19 bits per heavy atom. The van der Waals surface area contributed by atoms with E-state index in [0.717, 1.165) is 17.9 Å². The van der Waals surface area contributed by atoms with Crippen LogP contribution in [-0.4, -0.2) is 42.6 Å². The number of nitrogens with one attached hydrogen (secondary N) is 1. The Hall–Kier alpha value is -1.52. The molecule has 2 rings (SSSR count). The van der Waals surface area contributed by atoms with Crippen LogP contribution in [0.25, 0.3) is 0 Å². The first-order valence-electron chi connectivity index (χ1n) is 6.56. The number of hydrogen-bond donors (Lipinski definition) is 2. The minimum absolute atomic E-state index is 0.0919. The third-order valence-electron chi connectivity index (χ3n) is 2.38. The summed E-state index contributed by atoms with van der Waals surface area (Å²) < 4.78 is 5.65. The van der Waals surface area contributed by atoms with Gasteiger partial charge in [-0.2, -0.15) is 9.36 Å². The molecule has 1 amide bonds. The Kier molecular flexibility index (Phi) is 6.08. The maximum atomic E-state index is 11.9. The first-order valence-corrected chi connectivity index (χ1v) is 8.32. The minimum Gasteiger partial charge on any atom is -0.330 e. The molecule has 0 spiro atoms. The van der Waals surface area contributed by atoms with Gasteiger partial charge in [-0.05, 0) is 13.0 Å². The van der Waals surface area contributed by atoms with Crippen molar-refractivity contribution < 1.29 is 4.79 Å². The molecule has 0 aromatic carbocycles. The van der Waals surface area contributed by atoms with Gasteiger partial charge in [-0.15, -0.1) is 5.10 Å². The molecule has 0 unspecified atom stereocenters. The zero-order valence-electron chi connectivity index (χ0n) is 11.7. The van der Waals surface area contributed by atoms with Gasteiger partial charge in [0.2, 0.25) is 16.2 Å². The van der Waals surface area contributed by atoms with Gasteiger partial charge in [0, 0.05) is 29.9 Å². The van der Waals surface area contributed by atoms with Gasteiger partial charge in [-0.25, -0.2) is 4.68 Å². The van der Waals surface area contributed by atoms with E-state index in [0.29, 0.717) is 23.3 Å². The van der Waals surface area contributed by atoms with Gasteiger partial charge in [0.1, 0.15) is 6.54 Å². The van der Waals surface area contributed by atoms with Crippen molar-refractivity contribution in [2.24, 2.45) is 5.73 Å². The monoisotopic (exact) mass is 327 g/mol. The highest BCUT2D eigenvalue weighted by Crippen LogP contribution is 2.20. The summed E-state index contributed by atoms with van der Waals surface area (Å²) in [7, 11) is 0. The molecule has 0 aliphatic carbocycles. The molecule has 0 fully saturated rings. The van der Waals surface area contributed by atoms with Crippen LogP contribution in [0.15, 0.2) is 11.4 Å². The number of amides is 1. The van der Waals surface area contributed by atoms with E-state index in [1.807, 2.05) is 0 Å². The van der Waals surface area contributed by atoms with E-state index in [2.05, 4.69) is 31.9 Å². The summed E-state index contributed by atoms with van der Waals surface area (Å²) in [6.45, 7) is 2.70. The van der Waals surface area contributed by atoms with Crippen LogP contribution in [0.5, 0.6) is 0 Å². The summed E-state index contributed by atoms with van der Waals surface area (Å²) in [5.41, 5.74) is 6.22. The van der Waals surface area contributed by atoms with Gasteiger partial charge in [0.05, 0.1) is 5.69 Å². The number of carbonyl (C=O) groups is 1. The fourth-order valence-corrected chi connectivity index (χ4v) is 2.91. The zero-order valence-corrected chi connectivity index (χ0v) is 13.3. The number of nitrogens with zero attached hydrogens (tertiary/aromatic N) is 5. The molecule has 2 aromatic heterocycles. The molecule has 0 atom stereocenters. The highest BCUT2D eigenvalue weighted by atomic mass is 32.2. The Morgan fingerprint density at radius 2 is 2.43 bits per heavy atom. The number of anilines is 1. The maximum Gasteiger partial charge on any atom is 0.247 e. The van der Waals surface area contributed by atoms with Crippen LogP contribution in [0.3, 0.4) is 0 Å². The lowest BCUT2D eigenvalue weighted by Crippen LogP contribution is -2.19. The predicted octanol–water partition coefficient (Wildman–Crippen LogP) is 0.772. The Bertz CT molecular complexity index is 583. The molecule has 2 aromatic rings. The van der Waals surface area contributed by atoms with Gasteiger partial charge < -0.3 is 5.73 Å². The average Bonchev–Trinajstić information content (AvgIpc) is 3.07. The van der Waals surface area contributed by atoms with Crippen LogP contribution in [0.2, 0.25) is 0 Å². The first kappa shape index (κ1) is 15.9. The summed E-state index contributed by atoms with van der Waals surface area (Å²) in [4.78, 5) is 16.1. The van der Waals surface area contributed by atoms with Crippen molar-refractivity contribution >= 4 is 34.3 Å². The lowest BCUT2D eigenvalue weighted by Gasteiger charge is -2.00. The van der Waals surface area contributed by atoms with Crippen LogP contribution in [-0.2, 0) is 17.8 Å². The van der Waals surface area contributed by atoms with Crippen LogP contribution in [0.1, 0.15) is 19.0 Å². The second kappa shape index (κ2) is 8.05. The van der Waals surface area contributed by atoms with E-state index in [1.165, 1.54) is 16.2 Å². The van der Waals surface area contributed by atoms with Crippen molar-refractivity contribution in [1.29, 1.82) is 0 Å². The van der Waals surface area contributed by atoms with Crippen molar-refractivity contribution in [3.05, 3.63) is 11.9 Å². The van der Waals surface area contributed by atoms with E-state index in [9.17, 15) is 4.79 Å². The van der Waals surface area contributed by atoms with Gasteiger partial charge in [-0.3, -0.25) is 10.1 Å². The fraction of sp³-hybridized carbons (Fsp3) is 0.545. The second-order valence-corrected chi connectivity index (χ2v) is 6.04. The number of nitrogens with two attached hydrogens (primary N) is 1. The molecule has 0 saturated heterocycles. The van der Waals surface area contributed by atoms with E-state index < -0.39 is 0 Å². The van der Waals surface area contributed by atoms with Crippen molar-refractivity contribution in [3.8, 4) is 0 Å². The Labute approximate surface area is 130 Å². The van der Waals surface area contributed by atoms with Crippen molar-refractivity contribution in [2.75, 3.05) is 17.6 Å². The summed E-state index contributed by atoms with van der Waals surface area (Å²) in [6, 6.07) is 0. The Morgan fingerprint density at radius 1 is 1.57 bits per heavy atom. The number of rotatable bonds is 8. The molecule has 0 radical (unpaired) electrons. The molecule has 0 aliphatic rings. The summed E-state index contributed by atoms with van der Waals surface area (Å²) in [6.07, 6.45) is 3.42. The number of aromatic nitrogens is 5. The molecular formula is C11H17N7OS2. The van der Waals surface area contributed by atoms with E-state index >= 15 is 0 Å². The quantitative estimate of drug-likeness (QED) is 0.689. The molecule has 21 heavy (non-hydrogen) atoms. The largest absolute Gasteiger partial charge is 0.330 e. The van der Waals surface area contributed by atoms with Crippen LogP contribution in [0, 0.1) is 0 Å². The molecule has 10 heteroatoms. The third-order valence-corrected chi connectivity index (χ3v) is 4.18. The molecule has 0 bridgehead atoms. The summed E-state index contributed by atoms with van der Waals surface area (Å²) >= 11 is 2.76. The van der Waals surface area contributed by atoms with Gasteiger partial charge in [0.25, 0.3) is 0 Å². The average molecular weight is 327 g/mol. The number of thioether (sulfide) groups is 1. The molecule has 0 aliphatic heterocycles. The van der Waals surface area contributed by atoms with Gasteiger partial charge in [0.15, 0.2) is 0 Å². The molecule has 3 N–H and O–H groups in total. The fourth-order valence-electron chi connectivity index (χ4n) is 1.50. The maximum absolute atomic E-state index is 11.9. The van der Waals surface area contributed by atoms with Crippen LogP contribution < -0.4 is 11.1 Å². The molecule has 8 nitrogen and oxygen atoms in total. The van der Waals surface area contributed by atoms with E-state index in [-0.39, 0.29) is 12.5 Å².